The standard InChI is InChI=1S/C14H9ClN2O2/c15-8-5-4-7-11(12(8)17)14(19)6-2-1-3-9(16)10(6)13(7)18/h1-5H,16-17H2. The molecule has 2 aromatic carbocycles. The van der Waals surface area contributed by atoms with Crippen LogP contribution in [0.25, 0.3) is 0 Å². The highest BCUT2D eigenvalue weighted by Gasteiger charge is 2.33. The Bertz CT molecular complexity index is 753. The van der Waals surface area contributed by atoms with Crippen LogP contribution < -0.4 is 11.5 Å². The van der Waals surface area contributed by atoms with Crippen molar-refractivity contribution in [2.75, 3.05) is 11.5 Å². The smallest absolute Gasteiger partial charge is 0.196 e. The number of rotatable bonds is 0. The van der Waals surface area contributed by atoms with E-state index in [0.717, 1.165) is 0 Å². The summed E-state index contributed by atoms with van der Waals surface area (Å²) in [5, 5.41) is 0.257. The molecule has 0 fully saturated rings. The largest absolute Gasteiger partial charge is 0.398 e. The van der Waals surface area contributed by atoms with Crippen molar-refractivity contribution in [3.63, 3.8) is 0 Å². The number of anilines is 2. The molecule has 0 spiro atoms. The van der Waals surface area contributed by atoms with Crippen molar-refractivity contribution in [2.24, 2.45) is 0 Å². The first-order valence-electron chi connectivity index (χ1n) is 5.58. The molecule has 2 aromatic rings. The predicted molar refractivity (Wildman–Crippen MR) is 73.6 cm³/mol. The minimum absolute atomic E-state index is 0.130. The lowest BCUT2D eigenvalue weighted by atomic mass is 9.82. The van der Waals surface area contributed by atoms with Gasteiger partial charge >= 0.3 is 0 Å². The normalized spacial score (nSPS) is 13.1. The zero-order chi connectivity index (χ0) is 13.7. The molecule has 0 atom stereocenters. The summed E-state index contributed by atoms with van der Waals surface area (Å²) >= 11 is 5.90. The van der Waals surface area contributed by atoms with E-state index >= 15 is 0 Å². The first kappa shape index (κ1) is 11.7. The molecular formula is C14H9ClN2O2. The number of hydrogen-bond donors (Lipinski definition) is 2. The van der Waals surface area contributed by atoms with Gasteiger partial charge in [0.2, 0.25) is 0 Å². The number of fused-ring (bicyclic) bond motifs is 2. The summed E-state index contributed by atoms with van der Waals surface area (Å²) in [5.41, 5.74) is 12.9. The summed E-state index contributed by atoms with van der Waals surface area (Å²) in [7, 11) is 0. The molecule has 0 unspecified atom stereocenters. The number of carbonyl (C=O) groups excluding carboxylic acids is 2. The molecule has 3 rings (SSSR count). The number of benzene rings is 2. The maximum absolute atomic E-state index is 12.4. The third kappa shape index (κ3) is 1.47. The van der Waals surface area contributed by atoms with Gasteiger partial charge in [-0.05, 0) is 18.2 Å². The molecular weight excluding hydrogens is 264 g/mol. The Kier molecular flexibility index (Phi) is 2.37. The number of halogens is 1. The fourth-order valence-corrected chi connectivity index (χ4v) is 2.47. The Morgan fingerprint density at radius 2 is 1.47 bits per heavy atom. The molecule has 0 aromatic heterocycles. The van der Waals surface area contributed by atoms with Gasteiger partial charge in [0.1, 0.15) is 0 Å². The second-order valence-electron chi connectivity index (χ2n) is 4.31. The molecule has 1 aliphatic carbocycles. The molecule has 0 aliphatic heterocycles. The first-order chi connectivity index (χ1) is 9.02. The molecule has 0 amide bonds. The van der Waals surface area contributed by atoms with Crippen molar-refractivity contribution >= 4 is 34.5 Å². The maximum Gasteiger partial charge on any atom is 0.196 e. The first-order valence-corrected chi connectivity index (χ1v) is 5.96. The summed E-state index contributed by atoms with van der Waals surface area (Å²) in [4.78, 5) is 24.8. The van der Waals surface area contributed by atoms with Crippen LogP contribution in [-0.2, 0) is 0 Å². The minimum atomic E-state index is -0.322. The van der Waals surface area contributed by atoms with Gasteiger partial charge in [-0.2, -0.15) is 0 Å². The Balaban J connectivity index is 2.40. The van der Waals surface area contributed by atoms with Crippen molar-refractivity contribution in [1.82, 2.24) is 0 Å². The molecule has 19 heavy (non-hydrogen) atoms. The van der Waals surface area contributed by atoms with Crippen molar-refractivity contribution < 1.29 is 9.59 Å². The fraction of sp³-hybridized carbons (Fsp3) is 0. The van der Waals surface area contributed by atoms with Gasteiger partial charge in [0.05, 0.1) is 21.8 Å². The van der Waals surface area contributed by atoms with Gasteiger partial charge in [-0.1, -0.05) is 23.7 Å². The highest BCUT2D eigenvalue weighted by Crippen LogP contribution is 2.36. The van der Waals surface area contributed by atoms with Gasteiger partial charge < -0.3 is 11.5 Å². The number of ketones is 2. The van der Waals surface area contributed by atoms with E-state index in [9.17, 15) is 9.59 Å². The summed E-state index contributed by atoms with van der Waals surface area (Å²) in [6.07, 6.45) is 0. The molecule has 1 aliphatic rings. The average Bonchev–Trinajstić information content (AvgIpc) is 2.39. The quantitative estimate of drug-likeness (QED) is 0.615. The van der Waals surface area contributed by atoms with Crippen LogP contribution in [0, 0.1) is 0 Å². The van der Waals surface area contributed by atoms with Crippen molar-refractivity contribution in [3.8, 4) is 0 Å². The van der Waals surface area contributed by atoms with Crippen molar-refractivity contribution in [2.45, 2.75) is 0 Å². The highest BCUT2D eigenvalue weighted by atomic mass is 35.5. The molecule has 0 saturated heterocycles. The van der Waals surface area contributed by atoms with Gasteiger partial charge in [0.15, 0.2) is 11.6 Å². The maximum atomic E-state index is 12.4. The van der Waals surface area contributed by atoms with Crippen LogP contribution in [0.4, 0.5) is 11.4 Å². The molecule has 94 valence electrons. The fourth-order valence-electron chi connectivity index (χ4n) is 2.31. The van der Waals surface area contributed by atoms with Crippen molar-refractivity contribution in [3.05, 3.63) is 57.6 Å². The second-order valence-corrected chi connectivity index (χ2v) is 4.72. The SMILES string of the molecule is Nc1cccc2c1C(=O)c1ccc(Cl)c(N)c1C2=O. The van der Waals surface area contributed by atoms with Crippen LogP contribution in [0.5, 0.6) is 0 Å². The van der Waals surface area contributed by atoms with Gasteiger partial charge in [-0.15, -0.1) is 0 Å². The van der Waals surface area contributed by atoms with Gasteiger partial charge in [0, 0.05) is 16.8 Å². The minimum Gasteiger partial charge on any atom is -0.398 e. The number of nitrogens with two attached hydrogens (primary N) is 2. The zero-order valence-corrected chi connectivity index (χ0v) is 10.5. The van der Waals surface area contributed by atoms with E-state index in [4.69, 9.17) is 23.1 Å². The van der Waals surface area contributed by atoms with E-state index in [-0.39, 0.29) is 50.2 Å². The van der Waals surface area contributed by atoms with Gasteiger partial charge in [0.25, 0.3) is 0 Å². The Labute approximate surface area is 114 Å². The number of carbonyl (C=O) groups is 2. The van der Waals surface area contributed by atoms with Crippen LogP contribution in [-0.4, -0.2) is 11.6 Å². The molecule has 0 radical (unpaired) electrons. The van der Waals surface area contributed by atoms with E-state index < -0.39 is 0 Å². The van der Waals surface area contributed by atoms with Gasteiger partial charge in [-0.3, -0.25) is 9.59 Å². The second kappa shape index (κ2) is 3.83. The topological polar surface area (TPSA) is 86.2 Å². The Hall–Kier alpha value is -2.33. The summed E-state index contributed by atoms with van der Waals surface area (Å²) in [6.45, 7) is 0. The lowest BCUT2D eigenvalue weighted by Crippen LogP contribution is -2.23. The number of nitrogen functional groups attached to an aromatic ring is 2. The summed E-state index contributed by atoms with van der Waals surface area (Å²) < 4.78 is 0. The van der Waals surface area contributed by atoms with E-state index in [2.05, 4.69) is 0 Å². The highest BCUT2D eigenvalue weighted by molar-refractivity contribution is 6.37. The molecule has 0 bridgehead atoms. The predicted octanol–water partition coefficient (Wildman–Crippen LogP) is 2.28. The third-order valence-corrected chi connectivity index (χ3v) is 3.56. The monoisotopic (exact) mass is 272 g/mol. The van der Waals surface area contributed by atoms with E-state index in [1.165, 1.54) is 12.1 Å². The Morgan fingerprint density at radius 1 is 0.842 bits per heavy atom. The van der Waals surface area contributed by atoms with Crippen LogP contribution >= 0.6 is 11.6 Å². The van der Waals surface area contributed by atoms with Crippen LogP contribution in [0.15, 0.2) is 30.3 Å². The zero-order valence-electron chi connectivity index (χ0n) is 9.74. The van der Waals surface area contributed by atoms with E-state index in [0.29, 0.717) is 0 Å². The molecule has 0 heterocycles. The van der Waals surface area contributed by atoms with Crippen molar-refractivity contribution in [1.29, 1.82) is 0 Å². The molecule has 5 heteroatoms. The average molecular weight is 273 g/mol. The lowest BCUT2D eigenvalue weighted by molar-refractivity contribution is 0.0980. The van der Waals surface area contributed by atoms with Crippen LogP contribution in [0.1, 0.15) is 31.8 Å². The molecule has 4 N–H and O–H groups in total. The molecule has 0 saturated carbocycles. The van der Waals surface area contributed by atoms with Gasteiger partial charge in [-0.25, -0.2) is 0 Å². The Morgan fingerprint density at radius 3 is 2.21 bits per heavy atom. The number of hydrogen-bond acceptors (Lipinski definition) is 4. The van der Waals surface area contributed by atoms with E-state index in [1.807, 2.05) is 0 Å². The van der Waals surface area contributed by atoms with Crippen LogP contribution in [0.3, 0.4) is 0 Å². The summed E-state index contributed by atoms with van der Waals surface area (Å²) in [5.74, 6) is -0.622. The summed E-state index contributed by atoms with van der Waals surface area (Å²) in [6, 6.07) is 7.79. The third-order valence-electron chi connectivity index (χ3n) is 3.23. The lowest BCUT2D eigenvalue weighted by Gasteiger charge is -2.20. The molecule has 4 nitrogen and oxygen atoms in total. The van der Waals surface area contributed by atoms with Crippen LogP contribution in [0.2, 0.25) is 5.02 Å². The van der Waals surface area contributed by atoms with E-state index in [1.54, 1.807) is 18.2 Å².